The highest BCUT2D eigenvalue weighted by Gasteiger charge is 2.42. The number of benzene rings is 2. The minimum Gasteiger partial charge on any atom is -0.494 e. The first-order chi connectivity index (χ1) is 14.5. The lowest BCUT2D eigenvalue weighted by molar-refractivity contribution is 0.0691. The predicted molar refractivity (Wildman–Crippen MR) is 114 cm³/mol. The maximum atomic E-state index is 13.4. The van der Waals surface area contributed by atoms with Crippen LogP contribution in [0.5, 0.6) is 5.75 Å². The Morgan fingerprint density at radius 1 is 1.17 bits per heavy atom. The number of aliphatic hydroxyl groups is 1. The van der Waals surface area contributed by atoms with E-state index in [9.17, 15) is 14.7 Å². The van der Waals surface area contributed by atoms with Gasteiger partial charge in [-0.3, -0.25) is 9.59 Å². The normalized spacial score (nSPS) is 15.6. The highest BCUT2D eigenvalue weighted by atomic mass is 16.5. The van der Waals surface area contributed by atoms with Crippen molar-refractivity contribution in [1.82, 2.24) is 4.90 Å². The Hall–Kier alpha value is -3.12. The maximum absolute atomic E-state index is 13.4. The van der Waals surface area contributed by atoms with Gasteiger partial charge in [0, 0.05) is 6.54 Å². The molecule has 0 saturated carbocycles. The van der Waals surface area contributed by atoms with Crippen LogP contribution in [0.4, 0.5) is 0 Å². The van der Waals surface area contributed by atoms with Crippen LogP contribution in [0.15, 0.2) is 51.7 Å². The summed E-state index contributed by atoms with van der Waals surface area (Å²) in [4.78, 5) is 28.0. The number of fused-ring (bicyclic) bond motifs is 2. The number of rotatable bonds is 7. The number of aryl methyl sites for hydroxylation is 1. The Bertz CT molecular complexity index is 1150. The lowest BCUT2D eigenvalue weighted by atomic mass is 9.98. The zero-order valence-corrected chi connectivity index (χ0v) is 17.2. The second-order valence-corrected chi connectivity index (χ2v) is 7.57. The van der Waals surface area contributed by atoms with Gasteiger partial charge in [-0.15, -0.1) is 0 Å². The summed E-state index contributed by atoms with van der Waals surface area (Å²) in [6.45, 7) is 4.49. The lowest BCUT2D eigenvalue weighted by Gasteiger charge is -2.24. The van der Waals surface area contributed by atoms with Gasteiger partial charge in [0.05, 0.1) is 30.2 Å². The van der Waals surface area contributed by atoms with E-state index < -0.39 is 6.04 Å². The molecule has 0 spiro atoms. The molecule has 2 heterocycles. The van der Waals surface area contributed by atoms with Gasteiger partial charge in [0.25, 0.3) is 5.91 Å². The zero-order valence-electron chi connectivity index (χ0n) is 17.2. The third-order valence-corrected chi connectivity index (χ3v) is 5.40. The fourth-order valence-electron chi connectivity index (χ4n) is 3.93. The van der Waals surface area contributed by atoms with Crippen molar-refractivity contribution < 1.29 is 19.1 Å². The van der Waals surface area contributed by atoms with Crippen molar-refractivity contribution in [3.8, 4) is 5.75 Å². The number of amides is 1. The number of unbranched alkanes of at least 4 members (excludes halogenated alkanes) is 1. The van der Waals surface area contributed by atoms with E-state index in [0.29, 0.717) is 28.9 Å². The molecule has 1 atom stereocenters. The molecule has 3 aromatic rings. The standard InChI is InChI=1S/C24H25NO5/c1-3-4-12-29-17-7-5-6-16(14-17)21-20-22(27)18-13-15(2)8-9-19(18)30-23(20)24(28)25(21)10-11-26/h5-9,13-14,21,26H,3-4,10-12H2,1-2H3. The van der Waals surface area contributed by atoms with Gasteiger partial charge >= 0.3 is 0 Å². The van der Waals surface area contributed by atoms with E-state index >= 15 is 0 Å². The molecule has 1 N–H and O–H groups in total. The molecule has 0 aliphatic carbocycles. The van der Waals surface area contributed by atoms with Crippen molar-refractivity contribution in [3.05, 3.63) is 75.1 Å². The molecule has 1 amide bonds. The van der Waals surface area contributed by atoms with Gasteiger partial charge in [-0.25, -0.2) is 0 Å². The smallest absolute Gasteiger partial charge is 0.290 e. The Kier molecular flexibility index (Phi) is 5.59. The molecule has 156 valence electrons. The Morgan fingerprint density at radius 3 is 2.77 bits per heavy atom. The van der Waals surface area contributed by atoms with Crippen LogP contribution in [0, 0.1) is 6.92 Å². The summed E-state index contributed by atoms with van der Waals surface area (Å²) >= 11 is 0. The Morgan fingerprint density at radius 2 is 2.00 bits per heavy atom. The molecule has 1 unspecified atom stereocenters. The number of β-amino-alcohol motifs (C(OH)–C–C–N with tert-alkyl or cyclic N) is 1. The highest BCUT2D eigenvalue weighted by molar-refractivity contribution is 5.99. The lowest BCUT2D eigenvalue weighted by Crippen LogP contribution is -2.32. The molecular formula is C24H25NO5. The Balaban J connectivity index is 1.86. The number of nitrogens with zero attached hydrogens (tertiary/aromatic N) is 1. The van der Waals surface area contributed by atoms with Crippen LogP contribution in [-0.2, 0) is 0 Å². The van der Waals surface area contributed by atoms with Crippen molar-refractivity contribution in [2.45, 2.75) is 32.7 Å². The van der Waals surface area contributed by atoms with E-state index in [1.807, 2.05) is 37.3 Å². The van der Waals surface area contributed by atoms with E-state index in [4.69, 9.17) is 9.15 Å². The third-order valence-electron chi connectivity index (χ3n) is 5.40. The maximum Gasteiger partial charge on any atom is 0.290 e. The van der Waals surface area contributed by atoms with E-state index in [1.54, 1.807) is 12.1 Å². The molecule has 2 aromatic carbocycles. The van der Waals surface area contributed by atoms with Gasteiger partial charge < -0.3 is 19.2 Å². The SMILES string of the molecule is CCCCOc1cccc(C2c3c(oc4ccc(C)cc4c3=O)C(=O)N2CCO)c1. The molecule has 0 fully saturated rings. The zero-order chi connectivity index (χ0) is 21.3. The first-order valence-corrected chi connectivity index (χ1v) is 10.3. The highest BCUT2D eigenvalue weighted by Crippen LogP contribution is 2.38. The number of ether oxygens (including phenoxy) is 1. The van der Waals surface area contributed by atoms with Gasteiger partial charge in [0.1, 0.15) is 11.3 Å². The third kappa shape index (κ3) is 3.48. The van der Waals surface area contributed by atoms with Crippen LogP contribution < -0.4 is 10.2 Å². The van der Waals surface area contributed by atoms with E-state index in [1.165, 1.54) is 4.90 Å². The van der Waals surface area contributed by atoms with Crippen LogP contribution in [0.2, 0.25) is 0 Å². The van der Waals surface area contributed by atoms with Gasteiger partial charge in [0.15, 0.2) is 5.43 Å². The number of aliphatic hydroxyl groups excluding tert-OH is 1. The predicted octanol–water partition coefficient (Wildman–Crippen LogP) is 3.82. The fraction of sp³-hybridized carbons (Fsp3) is 0.333. The summed E-state index contributed by atoms with van der Waals surface area (Å²) in [6.07, 6.45) is 1.97. The average molecular weight is 407 g/mol. The molecule has 0 saturated heterocycles. The largest absolute Gasteiger partial charge is 0.494 e. The average Bonchev–Trinajstić information content (AvgIpc) is 3.02. The number of hydrogen-bond acceptors (Lipinski definition) is 5. The quantitative estimate of drug-likeness (QED) is 0.603. The number of carbonyl (C=O) groups excluding carboxylic acids is 1. The molecule has 6 nitrogen and oxygen atoms in total. The first kappa shape index (κ1) is 20.2. The van der Waals surface area contributed by atoms with Crippen molar-refractivity contribution in [2.75, 3.05) is 19.8 Å². The summed E-state index contributed by atoms with van der Waals surface area (Å²) < 4.78 is 11.7. The monoisotopic (exact) mass is 407 g/mol. The van der Waals surface area contributed by atoms with Gasteiger partial charge in [-0.05, 0) is 43.2 Å². The number of carbonyl (C=O) groups is 1. The van der Waals surface area contributed by atoms with Crippen LogP contribution in [0.25, 0.3) is 11.0 Å². The summed E-state index contributed by atoms with van der Waals surface area (Å²) in [5.74, 6) is 0.347. The van der Waals surface area contributed by atoms with E-state index in [2.05, 4.69) is 6.92 Å². The van der Waals surface area contributed by atoms with Gasteiger partial charge in [0.2, 0.25) is 5.76 Å². The van der Waals surface area contributed by atoms with Crippen molar-refractivity contribution in [2.24, 2.45) is 0 Å². The van der Waals surface area contributed by atoms with E-state index in [0.717, 1.165) is 24.0 Å². The van der Waals surface area contributed by atoms with Crippen LogP contribution in [0.3, 0.4) is 0 Å². The minimum absolute atomic E-state index is 0.0482. The first-order valence-electron chi connectivity index (χ1n) is 10.3. The molecular weight excluding hydrogens is 382 g/mol. The topological polar surface area (TPSA) is 80.0 Å². The van der Waals surface area contributed by atoms with Gasteiger partial charge in [-0.1, -0.05) is 37.1 Å². The number of hydrogen-bond donors (Lipinski definition) is 1. The second kappa shape index (κ2) is 8.32. The molecule has 6 heteroatoms. The van der Waals surface area contributed by atoms with Crippen molar-refractivity contribution in [3.63, 3.8) is 0 Å². The molecule has 1 aromatic heterocycles. The minimum atomic E-state index is -0.629. The molecule has 30 heavy (non-hydrogen) atoms. The van der Waals surface area contributed by atoms with Crippen LogP contribution in [0.1, 0.15) is 53.1 Å². The Labute approximate surface area is 174 Å². The van der Waals surface area contributed by atoms with E-state index in [-0.39, 0.29) is 30.2 Å². The molecule has 1 aliphatic heterocycles. The summed E-state index contributed by atoms with van der Waals surface area (Å²) in [7, 11) is 0. The fourth-order valence-corrected chi connectivity index (χ4v) is 3.93. The molecule has 0 bridgehead atoms. The summed E-state index contributed by atoms with van der Waals surface area (Å²) in [5.41, 5.74) is 2.18. The van der Waals surface area contributed by atoms with Crippen LogP contribution in [-0.4, -0.2) is 35.7 Å². The second-order valence-electron chi connectivity index (χ2n) is 7.57. The summed E-state index contributed by atoms with van der Waals surface area (Å²) in [6, 6.07) is 12.1. The molecule has 1 aliphatic rings. The molecule has 4 rings (SSSR count). The van der Waals surface area contributed by atoms with Crippen molar-refractivity contribution in [1.29, 1.82) is 0 Å². The van der Waals surface area contributed by atoms with Gasteiger partial charge in [-0.2, -0.15) is 0 Å². The molecule has 0 radical (unpaired) electrons. The van der Waals surface area contributed by atoms with Crippen LogP contribution >= 0.6 is 0 Å². The summed E-state index contributed by atoms with van der Waals surface area (Å²) in [5, 5.41) is 10.0. The van der Waals surface area contributed by atoms with Crippen molar-refractivity contribution >= 4 is 16.9 Å².